The van der Waals surface area contributed by atoms with Crippen LogP contribution in [-0.4, -0.2) is 10.9 Å². The van der Waals surface area contributed by atoms with Crippen molar-refractivity contribution in [2.75, 3.05) is 0 Å². The van der Waals surface area contributed by atoms with Crippen molar-refractivity contribution in [1.82, 2.24) is 10.3 Å². The molecule has 0 aliphatic rings. The highest BCUT2D eigenvalue weighted by molar-refractivity contribution is 5.94. The number of rotatable bonds is 5. The third kappa shape index (κ3) is 3.63. The van der Waals surface area contributed by atoms with Crippen molar-refractivity contribution in [3.05, 3.63) is 65.7 Å². The normalized spacial score (nSPS) is 11.9. The largest absolute Gasteiger partial charge is 0.345 e. The zero-order valence-corrected chi connectivity index (χ0v) is 11.3. The van der Waals surface area contributed by atoms with E-state index in [1.54, 1.807) is 0 Å². The fourth-order valence-corrected chi connectivity index (χ4v) is 2.08. The lowest BCUT2D eigenvalue weighted by atomic mass is 10.0. The summed E-state index contributed by atoms with van der Waals surface area (Å²) in [5.41, 5.74) is 1.34. The molecule has 0 saturated heterocycles. The summed E-state index contributed by atoms with van der Waals surface area (Å²) in [5, 5.41) is 2.94. The number of nitrogens with zero attached hydrogens (tertiary/aromatic N) is 1. The minimum Gasteiger partial charge on any atom is -0.345 e. The van der Waals surface area contributed by atoms with Crippen molar-refractivity contribution in [3.63, 3.8) is 0 Å². The maximum absolute atomic E-state index is 13.0. The lowest BCUT2D eigenvalue weighted by Crippen LogP contribution is -2.28. The van der Waals surface area contributed by atoms with Crippen molar-refractivity contribution in [1.29, 1.82) is 0 Å². The standard InChI is InChI=1S/C16H17FN2O/c1-2-6-14(12-7-4-3-5-8-12)19-16(20)13-9-10-18-15(17)11-13/h3-5,7-11,14H,2,6H2,1H3,(H,19,20). The summed E-state index contributed by atoms with van der Waals surface area (Å²) in [6, 6.07) is 12.4. The van der Waals surface area contributed by atoms with Gasteiger partial charge < -0.3 is 5.32 Å². The van der Waals surface area contributed by atoms with Crippen LogP contribution in [0, 0.1) is 5.95 Å². The van der Waals surface area contributed by atoms with Gasteiger partial charge in [-0.05, 0) is 18.1 Å². The lowest BCUT2D eigenvalue weighted by molar-refractivity contribution is 0.0934. The van der Waals surface area contributed by atoms with E-state index in [2.05, 4.69) is 17.2 Å². The van der Waals surface area contributed by atoms with Crippen LogP contribution < -0.4 is 5.32 Å². The Morgan fingerprint density at radius 3 is 2.70 bits per heavy atom. The maximum Gasteiger partial charge on any atom is 0.251 e. The molecule has 1 amide bonds. The van der Waals surface area contributed by atoms with Gasteiger partial charge >= 0.3 is 0 Å². The predicted molar refractivity (Wildman–Crippen MR) is 75.8 cm³/mol. The molecule has 0 bridgehead atoms. The Hall–Kier alpha value is -2.23. The van der Waals surface area contributed by atoms with Gasteiger partial charge in [0.2, 0.25) is 5.95 Å². The molecule has 0 saturated carbocycles. The SMILES string of the molecule is CCCC(NC(=O)c1ccnc(F)c1)c1ccccc1. The van der Waals surface area contributed by atoms with Gasteiger partial charge in [-0.3, -0.25) is 4.79 Å². The molecule has 0 fully saturated rings. The molecule has 2 rings (SSSR count). The van der Waals surface area contributed by atoms with E-state index in [1.807, 2.05) is 30.3 Å². The zero-order chi connectivity index (χ0) is 14.4. The molecular formula is C16H17FN2O. The molecular weight excluding hydrogens is 255 g/mol. The highest BCUT2D eigenvalue weighted by atomic mass is 19.1. The van der Waals surface area contributed by atoms with E-state index < -0.39 is 5.95 Å². The second kappa shape index (κ2) is 6.80. The van der Waals surface area contributed by atoms with E-state index >= 15 is 0 Å². The molecule has 104 valence electrons. The first kappa shape index (κ1) is 14.2. The highest BCUT2D eigenvalue weighted by Crippen LogP contribution is 2.18. The molecule has 2 aromatic rings. The maximum atomic E-state index is 13.0. The van der Waals surface area contributed by atoms with Crippen LogP contribution in [0.5, 0.6) is 0 Å². The number of halogens is 1. The van der Waals surface area contributed by atoms with Gasteiger partial charge in [-0.1, -0.05) is 43.7 Å². The highest BCUT2D eigenvalue weighted by Gasteiger charge is 2.15. The van der Waals surface area contributed by atoms with Crippen LogP contribution in [0.2, 0.25) is 0 Å². The average Bonchev–Trinajstić information content (AvgIpc) is 2.47. The van der Waals surface area contributed by atoms with Gasteiger partial charge in [0.25, 0.3) is 5.91 Å². The number of pyridine rings is 1. The van der Waals surface area contributed by atoms with Gasteiger partial charge in [0.15, 0.2) is 0 Å². The van der Waals surface area contributed by atoms with Crippen LogP contribution in [0.25, 0.3) is 0 Å². The third-order valence-electron chi connectivity index (χ3n) is 3.07. The van der Waals surface area contributed by atoms with Crippen molar-refractivity contribution in [2.24, 2.45) is 0 Å². The third-order valence-corrected chi connectivity index (χ3v) is 3.07. The fourth-order valence-electron chi connectivity index (χ4n) is 2.08. The second-order valence-electron chi connectivity index (χ2n) is 4.59. The molecule has 0 aliphatic carbocycles. The summed E-state index contributed by atoms with van der Waals surface area (Å²) in [5.74, 6) is -0.932. The second-order valence-corrected chi connectivity index (χ2v) is 4.59. The van der Waals surface area contributed by atoms with Crippen LogP contribution in [0.15, 0.2) is 48.7 Å². The minimum absolute atomic E-state index is 0.0649. The van der Waals surface area contributed by atoms with Gasteiger partial charge in [-0.25, -0.2) is 4.98 Å². The summed E-state index contributed by atoms with van der Waals surface area (Å²) in [6.45, 7) is 2.06. The van der Waals surface area contributed by atoms with Crippen molar-refractivity contribution >= 4 is 5.91 Å². The van der Waals surface area contributed by atoms with E-state index in [0.717, 1.165) is 24.5 Å². The summed E-state index contributed by atoms with van der Waals surface area (Å²) in [6.07, 6.45) is 3.08. The molecule has 0 radical (unpaired) electrons. The van der Waals surface area contributed by atoms with Crippen LogP contribution in [-0.2, 0) is 0 Å². The van der Waals surface area contributed by atoms with Crippen LogP contribution >= 0.6 is 0 Å². The number of benzene rings is 1. The number of carbonyl (C=O) groups excluding carboxylic acids is 1. The Morgan fingerprint density at radius 2 is 2.05 bits per heavy atom. The molecule has 1 aromatic carbocycles. The minimum atomic E-state index is -0.649. The molecule has 0 spiro atoms. The number of aromatic nitrogens is 1. The summed E-state index contributed by atoms with van der Waals surface area (Å²) >= 11 is 0. The Morgan fingerprint density at radius 1 is 1.30 bits per heavy atom. The quantitative estimate of drug-likeness (QED) is 0.846. The number of hydrogen-bond donors (Lipinski definition) is 1. The number of hydrogen-bond acceptors (Lipinski definition) is 2. The van der Waals surface area contributed by atoms with E-state index in [0.29, 0.717) is 0 Å². The molecule has 1 N–H and O–H groups in total. The monoisotopic (exact) mass is 272 g/mol. The lowest BCUT2D eigenvalue weighted by Gasteiger charge is -2.18. The van der Waals surface area contributed by atoms with Gasteiger partial charge in [0, 0.05) is 17.8 Å². The number of carbonyl (C=O) groups is 1. The van der Waals surface area contributed by atoms with E-state index in [9.17, 15) is 9.18 Å². The van der Waals surface area contributed by atoms with Gasteiger partial charge in [-0.2, -0.15) is 4.39 Å². The Kier molecular flexibility index (Phi) is 4.82. The molecule has 4 heteroatoms. The predicted octanol–water partition coefficient (Wildman–Crippen LogP) is 3.49. The molecule has 1 atom stereocenters. The first-order valence-electron chi connectivity index (χ1n) is 6.68. The summed E-state index contributed by atoms with van der Waals surface area (Å²) < 4.78 is 13.0. The molecule has 3 nitrogen and oxygen atoms in total. The van der Waals surface area contributed by atoms with Crippen LogP contribution in [0.1, 0.15) is 41.7 Å². The van der Waals surface area contributed by atoms with Gasteiger partial charge in [-0.15, -0.1) is 0 Å². The molecule has 1 heterocycles. The smallest absolute Gasteiger partial charge is 0.251 e. The number of amides is 1. The molecule has 1 unspecified atom stereocenters. The van der Waals surface area contributed by atoms with Crippen molar-refractivity contribution in [3.8, 4) is 0 Å². The number of nitrogens with one attached hydrogen (secondary N) is 1. The van der Waals surface area contributed by atoms with Gasteiger partial charge in [0.1, 0.15) is 0 Å². The van der Waals surface area contributed by atoms with E-state index in [4.69, 9.17) is 0 Å². The average molecular weight is 272 g/mol. The van der Waals surface area contributed by atoms with Crippen LogP contribution in [0.3, 0.4) is 0 Å². The topological polar surface area (TPSA) is 42.0 Å². The first-order valence-corrected chi connectivity index (χ1v) is 6.68. The summed E-state index contributed by atoms with van der Waals surface area (Å²) in [7, 11) is 0. The Labute approximate surface area is 117 Å². The Bertz CT molecular complexity index is 572. The molecule has 0 aliphatic heterocycles. The Balaban J connectivity index is 2.14. The first-order chi connectivity index (χ1) is 9.70. The fraction of sp³-hybridized carbons (Fsp3) is 0.250. The summed E-state index contributed by atoms with van der Waals surface area (Å²) in [4.78, 5) is 15.6. The van der Waals surface area contributed by atoms with Crippen molar-refractivity contribution < 1.29 is 9.18 Å². The molecule has 1 aromatic heterocycles. The van der Waals surface area contributed by atoms with Crippen LogP contribution in [0.4, 0.5) is 4.39 Å². The van der Waals surface area contributed by atoms with E-state index in [1.165, 1.54) is 12.3 Å². The van der Waals surface area contributed by atoms with E-state index in [-0.39, 0.29) is 17.5 Å². The van der Waals surface area contributed by atoms with Gasteiger partial charge in [0.05, 0.1) is 6.04 Å². The zero-order valence-electron chi connectivity index (χ0n) is 11.3. The van der Waals surface area contributed by atoms with Crippen molar-refractivity contribution in [2.45, 2.75) is 25.8 Å². The molecule has 20 heavy (non-hydrogen) atoms.